The highest BCUT2D eigenvalue weighted by molar-refractivity contribution is 9.09. The molecule has 2 rings (SSSR count). The molecule has 2 heterocycles. The van der Waals surface area contributed by atoms with Gasteiger partial charge in [-0.05, 0) is 18.2 Å². The van der Waals surface area contributed by atoms with Crippen LogP contribution in [0, 0.1) is 0 Å². The third-order valence-electron chi connectivity index (χ3n) is 2.15. The van der Waals surface area contributed by atoms with Gasteiger partial charge in [0.25, 0.3) is 0 Å². The van der Waals surface area contributed by atoms with Gasteiger partial charge in [-0.25, -0.2) is 0 Å². The van der Waals surface area contributed by atoms with E-state index in [0.29, 0.717) is 0 Å². The van der Waals surface area contributed by atoms with Gasteiger partial charge in [0.1, 0.15) is 4.95 Å². The molecule has 0 aliphatic carbocycles. The van der Waals surface area contributed by atoms with Crippen molar-refractivity contribution in [2.75, 3.05) is 7.11 Å². The maximum atomic E-state index is 5.17. The van der Waals surface area contributed by atoms with Crippen LogP contribution in [0.25, 0.3) is 0 Å². The Morgan fingerprint density at radius 2 is 2.33 bits per heavy atom. The number of thiophene rings is 1. The van der Waals surface area contributed by atoms with Gasteiger partial charge in [-0.3, -0.25) is 0 Å². The molecule has 1 unspecified atom stereocenters. The van der Waals surface area contributed by atoms with Crippen molar-refractivity contribution >= 4 is 27.3 Å². The quantitative estimate of drug-likeness (QED) is 0.624. The predicted molar refractivity (Wildman–Crippen MR) is 67.4 cm³/mol. The van der Waals surface area contributed by atoms with Crippen LogP contribution < -0.4 is 4.74 Å². The number of hydrogen-bond acceptors (Lipinski definition) is 3. The smallest absolute Gasteiger partial charge is 0.173 e. The van der Waals surface area contributed by atoms with Crippen LogP contribution in [-0.4, -0.2) is 17.0 Å². The fraction of sp³-hybridized carbons (Fsp3) is 0.273. The number of nitrogens with zero attached hydrogens (tertiary/aromatic N) is 1. The number of alkyl halides is 1. The first-order valence-corrected chi connectivity index (χ1v) is 6.40. The SMILES string of the molecule is COc1ccc(CN2C=CC=CC2Br)s1. The lowest BCUT2D eigenvalue weighted by Crippen LogP contribution is -2.24. The van der Waals surface area contributed by atoms with Crippen molar-refractivity contribution < 1.29 is 4.74 Å². The van der Waals surface area contributed by atoms with Crippen LogP contribution in [0.2, 0.25) is 0 Å². The minimum Gasteiger partial charge on any atom is -0.487 e. The average Bonchev–Trinajstić information content (AvgIpc) is 2.69. The summed E-state index contributed by atoms with van der Waals surface area (Å²) < 4.78 is 5.17. The van der Waals surface area contributed by atoms with Crippen molar-refractivity contribution in [3.8, 4) is 5.06 Å². The molecule has 0 saturated heterocycles. The molecule has 2 nitrogen and oxygen atoms in total. The zero-order valence-electron chi connectivity index (χ0n) is 8.39. The van der Waals surface area contributed by atoms with E-state index in [9.17, 15) is 0 Å². The Hall–Kier alpha value is -0.740. The molecule has 0 radical (unpaired) electrons. The van der Waals surface area contributed by atoms with Crippen LogP contribution in [-0.2, 0) is 6.54 Å². The molecule has 1 aliphatic rings. The topological polar surface area (TPSA) is 12.5 Å². The lowest BCUT2D eigenvalue weighted by atomic mass is 10.3. The van der Waals surface area contributed by atoms with Gasteiger partial charge >= 0.3 is 0 Å². The molecule has 0 fully saturated rings. The Bertz CT molecular complexity index is 386. The molecule has 0 aromatic carbocycles. The molecule has 1 aromatic heterocycles. The van der Waals surface area contributed by atoms with E-state index in [0.717, 1.165) is 11.6 Å². The first kappa shape index (κ1) is 10.8. The monoisotopic (exact) mass is 285 g/mol. The Balaban J connectivity index is 2.02. The first-order chi connectivity index (χ1) is 7.29. The summed E-state index contributed by atoms with van der Waals surface area (Å²) >= 11 is 5.28. The molecule has 0 amide bonds. The van der Waals surface area contributed by atoms with Gasteiger partial charge in [0.05, 0.1) is 13.7 Å². The molecule has 1 atom stereocenters. The normalized spacial score (nSPS) is 19.6. The second-order valence-electron chi connectivity index (χ2n) is 3.20. The molecule has 0 spiro atoms. The molecular weight excluding hydrogens is 274 g/mol. The summed E-state index contributed by atoms with van der Waals surface area (Å²) in [4.78, 5) is 3.82. The standard InChI is InChI=1S/C11H12BrNOS/c1-14-11-6-5-9(15-11)8-13-7-3-2-4-10(13)12/h2-7,10H,8H2,1H3. The van der Waals surface area contributed by atoms with E-state index in [-0.39, 0.29) is 4.95 Å². The molecule has 80 valence electrons. The minimum absolute atomic E-state index is 0.288. The second kappa shape index (κ2) is 4.86. The van der Waals surface area contributed by atoms with Gasteiger partial charge in [-0.1, -0.05) is 28.1 Å². The summed E-state index contributed by atoms with van der Waals surface area (Å²) in [6.07, 6.45) is 8.30. The van der Waals surface area contributed by atoms with E-state index in [1.807, 2.05) is 18.2 Å². The van der Waals surface area contributed by atoms with Crippen molar-refractivity contribution in [2.45, 2.75) is 11.5 Å². The lowest BCUT2D eigenvalue weighted by Gasteiger charge is -2.25. The van der Waals surface area contributed by atoms with E-state index < -0.39 is 0 Å². The number of allylic oxidation sites excluding steroid dienone is 2. The number of ether oxygens (including phenoxy) is 1. The third-order valence-corrected chi connectivity index (χ3v) is 4.01. The molecule has 0 bridgehead atoms. The summed E-state index contributed by atoms with van der Waals surface area (Å²) in [7, 11) is 1.70. The van der Waals surface area contributed by atoms with Gasteiger partial charge in [-0.15, -0.1) is 11.3 Å². The summed E-state index contributed by atoms with van der Waals surface area (Å²) in [6.45, 7) is 0.908. The Morgan fingerprint density at radius 3 is 3.00 bits per heavy atom. The van der Waals surface area contributed by atoms with E-state index >= 15 is 0 Å². The van der Waals surface area contributed by atoms with Crippen LogP contribution in [0.3, 0.4) is 0 Å². The van der Waals surface area contributed by atoms with Gasteiger partial charge in [-0.2, -0.15) is 0 Å². The number of hydrogen-bond donors (Lipinski definition) is 0. The Labute approximate surface area is 102 Å². The van der Waals surface area contributed by atoms with E-state index in [2.05, 4.69) is 39.2 Å². The first-order valence-electron chi connectivity index (χ1n) is 4.67. The van der Waals surface area contributed by atoms with Gasteiger partial charge in [0, 0.05) is 11.1 Å². The van der Waals surface area contributed by atoms with Crippen LogP contribution in [0.5, 0.6) is 5.06 Å². The second-order valence-corrected chi connectivity index (χ2v) is 5.27. The van der Waals surface area contributed by atoms with E-state index in [1.165, 1.54) is 4.88 Å². The Morgan fingerprint density at radius 1 is 1.47 bits per heavy atom. The molecule has 4 heteroatoms. The summed E-state index contributed by atoms with van der Waals surface area (Å²) in [6, 6.07) is 4.11. The Kier molecular flexibility index (Phi) is 3.49. The van der Waals surface area contributed by atoms with Gasteiger partial charge in [0.2, 0.25) is 0 Å². The molecule has 0 N–H and O–H groups in total. The highest BCUT2D eigenvalue weighted by Crippen LogP contribution is 2.27. The molecule has 1 aromatic rings. The van der Waals surface area contributed by atoms with Gasteiger partial charge in [0.15, 0.2) is 5.06 Å². The number of rotatable bonds is 3. The lowest BCUT2D eigenvalue weighted by molar-refractivity contribution is 0.389. The van der Waals surface area contributed by atoms with E-state index in [1.54, 1.807) is 18.4 Å². The third kappa shape index (κ3) is 2.63. The minimum atomic E-state index is 0.288. The number of methoxy groups -OCH3 is 1. The highest BCUT2D eigenvalue weighted by Gasteiger charge is 2.12. The predicted octanol–water partition coefficient (Wildman–Crippen LogP) is 3.36. The highest BCUT2D eigenvalue weighted by atomic mass is 79.9. The van der Waals surface area contributed by atoms with Crippen LogP contribution >= 0.6 is 27.3 Å². The summed E-state index contributed by atoms with van der Waals surface area (Å²) in [5.41, 5.74) is 0. The van der Waals surface area contributed by atoms with Crippen molar-refractivity contribution in [3.05, 3.63) is 41.4 Å². The molecule has 0 saturated carbocycles. The average molecular weight is 286 g/mol. The molecular formula is C11H12BrNOS. The summed E-state index contributed by atoms with van der Waals surface area (Å²) in [5, 5.41) is 0.965. The fourth-order valence-electron chi connectivity index (χ4n) is 1.38. The zero-order valence-corrected chi connectivity index (χ0v) is 10.8. The molecule has 1 aliphatic heterocycles. The van der Waals surface area contributed by atoms with Crippen molar-refractivity contribution in [1.82, 2.24) is 4.90 Å². The van der Waals surface area contributed by atoms with Crippen molar-refractivity contribution in [3.63, 3.8) is 0 Å². The van der Waals surface area contributed by atoms with Gasteiger partial charge < -0.3 is 9.64 Å². The fourth-order valence-corrected chi connectivity index (χ4v) is 2.67. The summed E-state index contributed by atoms with van der Waals surface area (Å²) in [5.74, 6) is 0. The largest absolute Gasteiger partial charge is 0.487 e. The zero-order chi connectivity index (χ0) is 10.7. The number of halogens is 1. The maximum Gasteiger partial charge on any atom is 0.173 e. The van der Waals surface area contributed by atoms with E-state index in [4.69, 9.17) is 4.74 Å². The maximum absolute atomic E-state index is 5.17. The van der Waals surface area contributed by atoms with Crippen LogP contribution in [0.15, 0.2) is 36.6 Å². The molecule has 15 heavy (non-hydrogen) atoms. The van der Waals surface area contributed by atoms with Crippen molar-refractivity contribution in [1.29, 1.82) is 0 Å². The van der Waals surface area contributed by atoms with Crippen LogP contribution in [0.1, 0.15) is 4.88 Å². The van der Waals surface area contributed by atoms with Crippen molar-refractivity contribution in [2.24, 2.45) is 0 Å². The van der Waals surface area contributed by atoms with Crippen LogP contribution in [0.4, 0.5) is 0 Å².